The summed E-state index contributed by atoms with van der Waals surface area (Å²) >= 11 is 1.62. The number of nitrogens with zero attached hydrogens (tertiary/aromatic N) is 2. The normalized spacial score (nSPS) is 14.9. The van der Waals surface area contributed by atoms with Crippen LogP contribution >= 0.6 is 11.3 Å². The lowest BCUT2D eigenvalue weighted by Crippen LogP contribution is -2.08. The average molecular weight is 230 g/mol. The zero-order valence-electron chi connectivity index (χ0n) is 8.64. The molecule has 0 atom stereocenters. The van der Waals surface area contributed by atoms with Crippen LogP contribution in [0.25, 0.3) is 10.6 Å². The molecule has 3 nitrogen and oxygen atoms in total. The van der Waals surface area contributed by atoms with Gasteiger partial charge in [-0.2, -0.15) is 0 Å². The number of pyridine rings is 1. The molecule has 0 amide bonds. The van der Waals surface area contributed by atoms with Crippen molar-refractivity contribution in [3.05, 3.63) is 35.1 Å². The number of carbonyl (C=O) groups excluding carboxylic acids is 1. The second-order valence-electron chi connectivity index (χ2n) is 3.81. The van der Waals surface area contributed by atoms with E-state index in [1.165, 1.54) is 0 Å². The summed E-state index contributed by atoms with van der Waals surface area (Å²) in [6.45, 7) is 0. The van der Waals surface area contributed by atoms with Gasteiger partial charge in [0.1, 0.15) is 10.7 Å². The summed E-state index contributed by atoms with van der Waals surface area (Å²) in [6.07, 6.45) is 6.11. The summed E-state index contributed by atoms with van der Waals surface area (Å²) in [4.78, 5) is 21.3. The van der Waals surface area contributed by atoms with Gasteiger partial charge < -0.3 is 0 Å². The minimum atomic E-state index is 0.188. The van der Waals surface area contributed by atoms with Crippen LogP contribution in [0.2, 0.25) is 0 Å². The molecule has 1 aliphatic carbocycles. The maximum Gasteiger partial charge on any atom is 0.182 e. The molecule has 1 aliphatic rings. The van der Waals surface area contributed by atoms with Crippen molar-refractivity contribution >= 4 is 17.1 Å². The van der Waals surface area contributed by atoms with Crippen LogP contribution in [0.15, 0.2) is 24.5 Å². The molecule has 2 aromatic rings. The number of hydrogen-bond acceptors (Lipinski definition) is 4. The number of fused-ring (bicyclic) bond motifs is 1. The van der Waals surface area contributed by atoms with Crippen molar-refractivity contribution in [1.82, 2.24) is 9.97 Å². The molecule has 2 aromatic heterocycles. The number of hydrogen-bond donors (Lipinski definition) is 0. The summed E-state index contributed by atoms with van der Waals surface area (Å²) in [5.74, 6) is 0.188. The Morgan fingerprint density at radius 3 is 3.00 bits per heavy atom. The average Bonchev–Trinajstić information content (AvgIpc) is 2.76. The predicted molar refractivity (Wildman–Crippen MR) is 62.6 cm³/mol. The molecule has 0 saturated heterocycles. The van der Waals surface area contributed by atoms with Gasteiger partial charge >= 0.3 is 0 Å². The van der Waals surface area contributed by atoms with Gasteiger partial charge in [-0.1, -0.05) is 0 Å². The summed E-state index contributed by atoms with van der Waals surface area (Å²) in [7, 11) is 0. The first kappa shape index (κ1) is 9.66. The molecule has 0 spiro atoms. The summed E-state index contributed by atoms with van der Waals surface area (Å²) in [6, 6.07) is 3.86. The van der Waals surface area contributed by atoms with E-state index < -0.39 is 0 Å². The quantitative estimate of drug-likeness (QED) is 0.756. The van der Waals surface area contributed by atoms with E-state index in [4.69, 9.17) is 0 Å². The topological polar surface area (TPSA) is 42.9 Å². The number of carbonyl (C=O) groups is 1. The zero-order valence-corrected chi connectivity index (χ0v) is 9.46. The number of rotatable bonds is 1. The first-order valence-corrected chi connectivity index (χ1v) is 6.09. The van der Waals surface area contributed by atoms with E-state index in [0.29, 0.717) is 12.1 Å². The monoisotopic (exact) mass is 230 g/mol. The van der Waals surface area contributed by atoms with Gasteiger partial charge in [-0.3, -0.25) is 9.78 Å². The third kappa shape index (κ3) is 1.55. The van der Waals surface area contributed by atoms with Gasteiger partial charge in [0.2, 0.25) is 0 Å². The van der Waals surface area contributed by atoms with Crippen LogP contribution in [0.5, 0.6) is 0 Å². The molecule has 2 heterocycles. The van der Waals surface area contributed by atoms with Crippen LogP contribution in [0.3, 0.4) is 0 Å². The van der Waals surface area contributed by atoms with Crippen molar-refractivity contribution in [2.75, 3.05) is 0 Å². The fourth-order valence-corrected chi connectivity index (χ4v) is 2.99. The predicted octanol–water partition coefficient (Wildman–Crippen LogP) is 2.72. The Morgan fingerprint density at radius 1 is 1.31 bits per heavy atom. The van der Waals surface area contributed by atoms with Crippen LogP contribution in [-0.2, 0) is 6.42 Å². The second-order valence-corrected chi connectivity index (χ2v) is 4.89. The molecule has 16 heavy (non-hydrogen) atoms. The number of ketones is 1. The lowest BCUT2D eigenvalue weighted by Gasteiger charge is -2.06. The molecule has 0 aromatic carbocycles. The van der Waals surface area contributed by atoms with Crippen LogP contribution in [0.4, 0.5) is 0 Å². The van der Waals surface area contributed by atoms with Gasteiger partial charge in [-0.15, -0.1) is 11.3 Å². The second kappa shape index (κ2) is 3.79. The fourth-order valence-electron chi connectivity index (χ4n) is 1.88. The lowest BCUT2D eigenvalue weighted by molar-refractivity contribution is 0.0968. The number of aryl methyl sites for hydroxylation is 1. The smallest absolute Gasteiger partial charge is 0.182 e. The molecular formula is C12H10N2OS. The molecule has 3 rings (SSSR count). The van der Waals surface area contributed by atoms with Crippen LogP contribution in [-0.4, -0.2) is 15.8 Å². The largest absolute Gasteiger partial charge is 0.292 e. The van der Waals surface area contributed by atoms with Crippen molar-refractivity contribution in [2.24, 2.45) is 0 Å². The lowest BCUT2D eigenvalue weighted by atomic mass is 10.0. The van der Waals surface area contributed by atoms with Gasteiger partial charge in [0, 0.05) is 29.3 Å². The van der Waals surface area contributed by atoms with E-state index in [2.05, 4.69) is 9.97 Å². The standard InChI is InChI=1S/C12H10N2OS/c15-9-4-1-5-10-11(9)14-12(16-10)8-3-2-6-13-7-8/h2-3,6-7H,1,4-5H2. The third-order valence-corrected chi connectivity index (χ3v) is 3.84. The zero-order chi connectivity index (χ0) is 11.0. The van der Waals surface area contributed by atoms with Crippen LogP contribution in [0, 0.1) is 0 Å². The molecule has 80 valence electrons. The Hall–Kier alpha value is -1.55. The molecule has 0 fully saturated rings. The first-order chi connectivity index (χ1) is 7.84. The highest BCUT2D eigenvalue weighted by atomic mass is 32.1. The minimum Gasteiger partial charge on any atom is -0.292 e. The van der Waals surface area contributed by atoms with Gasteiger partial charge in [-0.25, -0.2) is 4.98 Å². The van der Waals surface area contributed by atoms with Crippen molar-refractivity contribution in [1.29, 1.82) is 0 Å². The van der Waals surface area contributed by atoms with E-state index in [0.717, 1.165) is 28.3 Å². The highest BCUT2D eigenvalue weighted by Gasteiger charge is 2.22. The maximum atomic E-state index is 11.7. The Bertz CT molecular complexity index is 533. The maximum absolute atomic E-state index is 11.7. The highest BCUT2D eigenvalue weighted by Crippen LogP contribution is 2.32. The molecule has 0 unspecified atom stereocenters. The Balaban J connectivity index is 2.08. The van der Waals surface area contributed by atoms with Crippen LogP contribution in [0.1, 0.15) is 28.2 Å². The van der Waals surface area contributed by atoms with Gasteiger partial charge in [0.15, 0.2) is 5.78 Å². The molecular weight excluding hydrogens is 220 g/mol. The van der Waals surface area contributed by atoms with E-state index in [-0.39, 0.29) is 5.78 Å². The Kier molecular flexibility index (Phi) is 2.29. The van der Waals surface area contributed by atoms with Gasteiger partial charge in [0.05, 0.1) is 0 Å². The number of thiazole rings is 1. The van der Waals surface area contributed by atoms with E-state index in [1.54, 1.807) is 23.7 Å². The van der Waals surface area contributed by atoms with E-state index >= 15 is 0 Å². The van der Waals surface area contributed by atoms with Gasteiger partial charge in [-0.05, 0) is 25.0 Å². The van der Waals surface area contributed by atoms with Crippen molar-refractivity contribution in [3.63, 3.8) is 0 Å². The first-order valence-electron chi connectivity index (χ1n) is 5.28. The highest BCUT2D eigenvalue weighted by molar-refractivity contribution is 7.15. The van der Waals surface area contributed by atoms with E-state index in [1.807, 2.05) is 12.1 Å². The molecule has 0 saturated carbocycles. The SMILES string of the molecule is O=C1CCCc2sc(-c3cccnc3)nc21. The molecule has 0 bridgehead atoms. The van der Waals surface area contributed by atoms with Crippen molar-refractivity contribution in [2.45, 2.75) is 19.3 Å². The summed E-state index contributed by atoms with van der Waals surface area (Å²) in [5.41, 5.74) is 1.69. The van der Waals surface area contributed by atoms with Crippen LogP contribution < -0.4 is 0 Å². The molecule has 0 radical (unpaired) electrons. The number of aromatic nitrogens is 2. The van der Waals surface area contributed by atoms with Crippen molar-refractivity contribution < 1.29 is 4.79 Å². The molecule has 0 N–H and O–H groups in total. The summed E-state index contributed by atoms with van der Waals surface area (Å²) < 4.78 is 0. The Labute approximate surface area is 97.2 Å². The van der Waals surface area contributed by atoms with Gasteiger partial charge in [0.25, 0.3) is 0 Å². The summed E-state index contributed by atoms with van der Waals surface area (Å²) in [5, 5.41) is 0.911. The molecule has 0 aliphatic heterocycles. The Morgan fingerprint density at radius 2 is 2.25 bits per heavy atom. The van der Waals surface area contributed by atoms with Crippen molar-refractivity contribution in [3.8, 4) is 10.6 Å². The third-order valence-electron chi connectivity index (χ3n) is 2.68. The number of Topliss-reactive ketones (excluding diaryl/α,β-unsaturated/α-hetero) is 1. The van der Waals surface area contributed by atoms with E-state index in [9.17, 15) is 4.79 Å². The molecule has 4 heteroatoms. The fraction of sp³-hybridized carbons (Fsp3) is 0.250. The minimum absolute atomic E-state index is 0.188.